The second-order valence-corrected chi connectivity index (χ2v) is 12.9. The Labute approximate surface area is 200 Å². The fraction of sp³-hybridized carbons (Fsp3) is 0.862. The van der Waals surface area contributed by atoms with E-state index in [0.29, 0.717) is 5.92 Å². The van der Waals surface area contributed by atoms with Gasteiger partial charge in [-0.2, -0.15) is 0 Å². The van der Waals surface area contributed by atoms with Gasteiger partial charge in [-0.3, -0.25) is 9.59 Å². The summed E-state index contributed by atoms with van der Waals surface area (Å²) in [6.07, 6.45) is 11.8. The van der Waals surface area contributed by atoms with Crippen LogP contribution in [0.25, 0.3) is 0 Å². The van der Waals surface area contributed by atoms with Gasteiger partial charge in [-0.05, 0) is 79.6 Å². The Bertz CT molecular complexity index is 814. The summed E-state index contributed by atoms with van der Waals surface area (Å²) >= 11 is 0. The molecule has 0 radical (unpaired) electrons. The van der Waals surface area contributed by atoms with E-state index in [1.807, 2.05) is 6.08 Å². The van der Waals surface area contributed by atoms with Gasteiger partial charge in [0.1, 0.15) is 11.7 Å². The topological polar surface area (TPSA) is 63.6 Å². The highest BCUT2D eigenvalue weighted by molar-refractivity contribution is 5.99. The number of aliphatic hydroxyl groups is 1. The van der Waals surface area contributed by atoms with Crippen LogP contribution in [-0.2, 0) is 14.3 Å². The molecule has 0 bridgehead atoms. The normalized spacial score (nSPS) is 43.4. The zero-order valence-electron chi connectivity index (χ0n) is 21.8. The zero-order valence-corrected chi connectivity index (χ0v) is 21.8. The third-order valence-electron chi connectivity index (χ3n) is 10.6. The molecule has 3 fully saturated rings. The highest BCUT2D eigenvalue weighted by atomic mass is 16.5. The van der Waals surface area contributed by atoms with Crippen molar-refractivity contribution in [2.75, 3.05) is 0 Å². The number of rotatable bonds is 6. The molecule has 3 saturated carbocycles. The molecule has 0 aromatic rings. The lowest BCUT2D eigenvalue weighted by Gasteiger charge is -2.60. The first-order chi connectivity index (χ1) is 15.4. The van der Waals surface area contributed by atoms with E-state index in [4.69, 9.17) is 4.74 Å². The Kier molecular flexibility index (Phi) is 6.66. The van der Waals surface area contributed by atoms with Gasteiger partial charge in [0.05, 0.1) is 0 Å². The molecule has 186 valence electrons. The van der Waals surface area contributed by atoms with Gasteiger partial charge in [-0.25, -0.2) is 0 Å². The summed E-state index contributed by atoms with van der Waals surface area (Å²) in [6.45, 7) is 13.1. The molecule has 4 aliphatic carbocycles. The van der Waals surface area contributed by atoms with Crippen LogP contribution in [0.1, 0.15) is 106 Å². The fourth-order valence-corrected chi connectivity index (χ4v) is 8.69. The number of fused-ring (bicyclic) bond motifs is 5. The van der Waals surface area contributed by atoms with Crippen molar-refractivity contribution in [3.8, 4) is 0 Å². The van der Waals surface area contributed by atoms with Gasteiger partial charge in [0, 0.05) is 18.8 Å². The fourth-order valence-electron chi connectivity index (χ4n) is 8.69. The molecule has 4 heteroatoms. The maximum absolute atomic E-state index is 13.5. The predicted molar refractivity (Wildman–Crippen MR) is 130 cm³/mol. The van der Waals surface area contributed by atoms with Crippen molar-refractivity contribution in [2.24, 2.45) is 40.4 Å². The number of carbonyl (C=O) groups excluding carboxylic acids is 2. The van der Waals surface area contributed by atoms with Crippen LogP contribution in [0.3, 0.4) is 0 Å². The first-order valence-corrected chi connectivity index (χ1v) is 13.6. The Morgan fingerprint density at radius 2 is 1.82 bits per heavy atom. The van der Waals surface area contributed by atoms with E-state index < -0.39 is 11.0 Å². The molecule has 0 saturated heterocycles. The molecular weight excluding hydrogens is 412 g/mol. The number of carbonyl (C=O) groups is 2. The molecule has 1 N–H and O–H groups in total. The average Bonchev–Trinajstić information content (AvgIpc) is 3.07. The quantitative estimate of drug-likeness (QED) is 0.478. The second-order valence-electron chi connectivity index (χ2n) is 12.9. The summed E-state index contributed by atoms with van der Waals surface area (Å²) in [7, 11) is 0. The van der Waals surface area contributed by atoms with Gasteiger partial charge in [0.25, 0.3) is 0 Å². The molecule has 4 rings (SSSR count). The van der Waals surface area contributed by atoms with Crippen LogP contribution in [0.15, 0.2) is 11.6 Å². The van der Waals surface area contributed by atoms with Crippen molar-refractivity contribution in [1.29, 1.82) is 0 Å². The van der Waals surface area contributed by atoms with E-state index in [0.717, 1.165) is 37.0 Å². The molecule has 0 aromatic carbocycles. The Morgan fingerprint density at radius 3 is 2.48 bits per heavy atom. The average molecular weight is 459 g/mol. The summed E-state index contributed by atoms with van der Waals surface area (Å²) in [6, 6.07) is 0. The maximum atomic E-state index is 13.5. The summed E-state index contributed by atoms with van der Waals surface area (Å²) in [5, 5.41) is 11.7. The summed E-state index contributed by atoms with van der Waals surface area (Å²) in [5.74, 6) is 2.46. The summed E-state index contributed by atoms with van der Waals surface area (Å²) < 4.78 is 5.44. The van der Waals surface area contributed by atoms with E-state index in [2.05, 4.69) is 34.6 Å². The van der Waals surface area contributed by atoms with Gasteiger partial charge in [0.2, 0.25) is 0 Å². The van der Waals surface area contributed by atoms with E-state index in [-0.39, 0.29) is 35.6 Å². The van der Waals surface area contributed by atoms with Gasteiger partial charge in [0.15, 0.2) is 5.78 Å². The predicted octanol–water partition coefficient (Wildman–Crippen LogP) is 6.25. The number of ether oxygens (including phenoxy) is 1. The van der Waals surface area contributed by atoms with Crippen molar-refractivity contribution >= 4 is 11.8 Å². The molecular formula is C29H46O4. The number of esters is 1. The van der Waals surface area contributed by atoms with Crippen molar-refractivity contribution < 1.29 is 19.4 Å². The highest BCUT2D eigenvalue weighted by Crippen LogP contribution is 2.67. The standard InChI is InChI=1S/C29H46O4/c1-18(2)8-7-9-19(3)23-10-11-24-22-16-26(31)29(32)17-21(33-20(4)30)12-15-28(29,6)25(22)13-14-27(23,24)5/h16,18-19,21,23-25,32H,7-15,17H2,1-6H3/t19-,21-,23-,24+,25+,27-,28-,29-/m1/s1. The summed E-state index contributed by atoms with van der Waals surface area (Å²) in [5.41, 5.74) is -0.285. The molecule has 0 aliphatic heterocycles. The lowest BCUT2D eigenvalue weighted by molar-refractivity contribution is -0.188. The molecule has 0 amide bonds. The molecule has 0 heterocycles. The minimum absolute atomic E-state index is 0.147. The number of ketones is 1. The molecule has 0 unspecified atom stereocenters. The number of allylic oxidation sites excluding steroid dienone is 1. The molecule has 4 nitrogen and oxygen atoms in total. The van der Waals surface area contributed by atoms with Crippen LogP contribution < -0.4 is 0 Å². The first-order valence-electron chi connectivity index (χ1n) is 13.6. The molecule has 0 aromatic heterocycles. The van der Waals surface area contributed by atoms with E-state index in [9.17, 15) is 14.7 Å². The largest absolute Gasteiger partial charge is 0.462 e. The van der Waals surface area contributed by atoms with E-state index in [1.165, 1.54) is 51.0 Å². The highest BCUT2D eigenvalue weighted by Gasteiger charge is 2.65. The zero-order chi connectivity index (χ0) is 24.2. The lowest BCUT2D eigenvalue weighted by Crippen LogP contribution is -2.64. The molecule has 4 aliphatic rings. The van der Waals surface area contributed by atoms with Crippen molar-refractivity contribution in [2.45, 2.75) is 117 Å². The van der Waals surface area contributed by atoms with Gasteiger partial charge in [-0.1, -0.05) is 59.5 Å². The maximum Gasteiger partial charge on any atom is 0.302 e. The number of hydrogen-bond donors (Lipinski definition) is 1. The van der Waals surface area contributed by atoms with Gasteiger partial charge < -0.3 is 9.84 Å². The third-order valence-corrected chi connectivity index (χ3v) is 10.6. The van der Waals surface area contributed by atoms with Crippen LogP contribution in [-0.4, -0.2) is 28.6 Å². The van der Waals surface area contributed by atoms with Crippen LogP contribution in [0.4, 0.5) is 0 Å². The minimum atomic E-state index is -1.42. The van der Waals surface area contributed by atoms with Gasteiger partial charge >= 0.3 is 5.97 Å². The van der Waals surface area contributed by atoms with Crippen molar-refractivity contribution in [3.63, 3.8) is 0 Å². The minimum Gasteiger partial charge on any atom is -0.462 e. The van der Waals surface area contributed by atoms with Crippen molar-refractivity contribution in [3.05, 3.63) is 11.6 Å². The molecule has 8 atom stereocenters. The third kappa shape index (κ3) is 4.02. The first kappa shape index (κ1) is 24.9. The Morgan fingerprint density at radius 1 is 1.09 bits per heavy atom. The van der Waals surface area contributed by atoms with Crippen LogP contribution in [0.5, 0.6) is 0 Å². The van der Waals surface area contributed by atoms with Gasteiger partial charge in [-0.15, -0.1) is 0 Å². The van der Waals surface area contributed by atoms with Crippen LogP contribution in [0, 0.1) is 40.4 Å². The molecule has 0 spiro atoms. The Balaban J connectivity index is 1.57. The second kappa shape index (κ2) is 8.81. The SMILES string of the molecule is CC(=O)O[C@@H]1CC[C@]2(C)[C@H]3CC[C@]4(C)[C@@H]([C@H](C)CCCC(C)C)CC[C@H]4C3=CC(=O)[C@]2(O)C1. The monoisotopic (exact) mass is 458 g/mol. The van der Waals surface area contributed by atoms with E-state index >= 15 is 0 Å². The lowest BCUT2D eigenvalue weighted by atomic mass is 9.46. The molecule has 33 heavy (non-hydrogen) atoms. The number of hydrogen-bond acceptors (Lipinski definition) is 4. The van der Waals surface area contributed by atoms with Crippen LogP contribution >= 0.6 is 0 Å². The van der Waals surface area contributed by atoms with Crippen molar-refractivity contribution in [1.82, 2.24) is 0 Å². The summed E-state index contributed by atoms with van der Waals surface area (Å²) in [4.78, 5) is 25.0. The Hall–Kier alpha value is -1.16. The van der Waals surface area contributed by atoms with E-state index in [1.54, 1.807) is 0 Å². The van der Waals surface area contributed by atoms with Crippen LogP contribution in [0.2, 0.25) is 0 Å². The smallest absolute Gasteiger partial charge is 0.302 e.